The van der Waals surface area contributed by atoms with Gasteiger partial charge in [-0.15, -0.1) is 0 Å². The summed E-state index contributed by atoms with van der Waals surface area (Å²) in [5.41, 5.74) is 16.0. The van der Waals surface area contributed by atoms with Gasteiger partial charge in [-0.3, -0.25) is 10.1 Å². The number of aryl methyl sites for hydroxylation is 1. The number of nitrogens with two attached hydrogens (primary N) is 1. The molecule has 0 bridgehead atoms. The molecule has 2 aliphatic rings. The van der Waals surface area contributed by atoms with Crippen LogP contribution < -0.4 is 11.1 Å². The van der Waals surface area contributed by atoms with E-state index >= 15 is 0 Å². The predicted octanol–water partition coefficient (Wildman–Crippen LogP) is 4.99. The number of aliphatic hydroxyl groups is 1. The second kappa shape index (κ2) is 8.08. The van der Waals surface area contributed by atoms with Crippen molar-refractivity contribution in [2.45, 2.75) is 50.8 Å². The Morgan fingerprint density at radius 2 is 1.74 bits per heavy atom. The summed E-state index contributed by atoms with van der Waals surface area (Å²) >= 11 is 0. The van der Waals surface area contributed by atoms with Gasteiger partial charge in [0.05, 0.1) is 17.1 Å². The highest BCUT2D eigenvalue weighted by molar-refractivity contribution is 5.86. The molecule has 1 fully saturated rings. The van der Waals surface area contributed by atoms with Crippen LogP contribution in [-0.2, 0) is 18.4 Å². The highest BCUT2D eigenvalue weighted by atomic mass is 16.3. The first-order chi connectivity index (χ1) is 16.5. The van der Waals surface area contributed by atoms with Crippen LogP contribution in [0.3, 0.4) is 0 Å². The average Bonchev–Trinajstić information content (AvgIpc) is 3.25. The third-order valence-electron chi connectivity index (χ3n) is 7.25. The molecule has 2 aromatic carbocycles. The van der Waals surface area contributed by atoms with E-state index in [0.29, 0.717) is 0 Å². The Labute approximate surface area is 199 Å². The van der Waals surface area contributed by atoms with Gasteiger partial charge in [-0.25, -0.2) is 0 Å². The molecule has 5 N–H and O–H groups in total. The van der Waals surface area contributed by atoms with Crippen LogP contribution in [0.4, 0.5) is 5.82 Å². The fraction of sp³-hybridized carbons (Fsp3) is 0.286. The standard InChI is InChI=1S/C28H29N5O/c1-17(34)30-27-21-12-13-24-23(26(21)32-33-27)16-22(18-6-3-2-4-7-18)25(31-24)19-8-10-20(11-9-19)28(29)14-5-15-28/h2-4,6-11,16-17,34H,5,12-15,29H2,1H3,(H2,30,32,33). The first-order valence-corrected chi connectivity index (χ1v) is 12.0. The molecule has 4 aromatic rings. The topological polar surface area (TPSA) is 99.8 Å². The summed E-state index contributed by atoms with van der Waals surface area (Å²) in [7, 11) is 0. The van der Waals surface area contributed by atoms with E-state index in [-0.39, 0.29) is 5.54 Å². The van der Waals surface area contributed by atoms with Crippen molar-refractivity contribution in [1.82, 2.24) is 15.2 Å². The number of H-pyrrole nitrogens is 1. The van der Waals surface area contributed by atoms with E-state index in [4.69, 9.17) is 10.7 Å². The lowest BCUT2D eigenvalue weighted by Crippen LogP contribution is -2.43. The number of aromatic amines is 1. The number of anilines is 1. The highest BCUT2D eigenvalue weighted by Crippen LogP contribution is 2.42. The number of aliphatic hydroxyl groups excluding tert-OH is 1. The molecule has 2 aliphatic carbocycles. The summed E-state index contributed by atoms with van der Waals surface area (Å²) in [4.78, 5) is 5.20. The third-order valence-corrected chi connectivity index (χ3v) is 7.25. The summed E-state index contributed by atoms with van der Waals surface area (Å²) in [5.74, 6) is 0.781. The first kappa shape index (κ1) is 21.1. The summed E-state index contributed by atoms with van der Waals surface area (Å²) in [5, 5.41) is 20.5. The van der Waals surface area contributed by atoms with Gasteiger partial charge in [-0.1, -0.05) is 54.6 Å². The summed E-state index contributed by atoms with van der Waals surface area (Å²) in [6.07, 6.45) is 4.30. The molecule has 172 valence electrons. The lowest BCUT2D eigenvalue weighted by Gasteiger charge is -2.38. The zero-order valence-electron chi connectivity index (χ0n) is 19.3. The van der Waals surface area contributed by atoms with E-state index in [1.54, 1.807) is 6.92 Å². The molecule has 0 spiro atoms. The monoisotopic (exact) mass is 451 g/mol. The maximum atomic E-state index is 9.79. The molecular weight excluding hydrogens is 422 g/mol. The largest absolute Gasteiger partial charge is 0.374 e. The maximum Gasteiger partial charge on any atom is 0.127 e. The quantitative estimate of drug-likeness (QED) is 0.320. The molecule has 2 heterocycles. The van der Waals surface area contributed by atoms with Gasteiger partial charge in [0, 0.05) is 27.8 Å². The van der Waals surface area contributed by atoms with Gasteiger partial charge >= 0.3 is 0 Å². The van der Waals surface area contributed by atoms with E-state index in [2.05, 4.69) is 70.1 Å². The Hall–Kier alpha value is -3.48. The SMILES string of the molecule is CC(O)Nc1[nH]nc2c1CCc1nc(-c3ccc(C4(N)CCC4)cc3)c(-c3ccccc3)cc1-2. The summed E-state index contributed by atoms with van der Waals surface area (Å²) in [6, 6.07) is 21.3. The number of rotatable bonds is 5. The Bertz CT molecular complexity index is 1340. The van der Waals surface area contributed by atoms with E-state index in [1.807, 2.05) is 6.07 Å². The van der Waals surface area contributed by atoms with Gasteiger partial charge in [-0.05, 0) is 56.2 Å². The normalized spacial score (nSPS) is 16.8. The molecule has 1 unspecified atom stereocenters. The zero-order chi connectivity index (χ0) is 23.3. The molecule has 6 nitrogen and oxygen atoms in total. The summed E-state index contributed by atoms with van der Waals surface area (Å²) in [6.45, 7) is 1.70. The predicted molar refractivity (Wildman–Crippen MR) is 135 cm³/mol. The van der Waals surface area contributed by atoms with E-state index in [9.17, 15) is 5.11 Å². The van der Waals surface area contributed by atoms with Crippen molar-refractivity contribution in [3.8, 4) is 33.6 Å². The van der Waals surface area contributed by atoms with Crippen LogP contribution in [0.25, 0.3) is 33.6 Å². The minimum atomic E-state index is -0.651. The van der Waals surface area contributed by atoms with Crippen LogP contribution in [-0.4, -0.2) is 26.5 Å². The molecular formula is C28H29N5O. The molecule has 0 aliphatic heterocycles. The lowest BCUT2D eigenvalue weighted by molar-refractivity contribution is 0.224. The van der Waals surface area contributed by atoms with Gasteiger partial charge in [0.1, 0.15) is 12.0 Å². The zero-order valence-corrected chi connectivity index (χ0v) is 19.3. The number of hydrogen-bond donors (Lipinski definition) is 4. The van der Waals surface area contributed by atoms with E-state index < -0.39 is 6.23 Å². The second-order valence-electron chi connectivity index (χ2n) is 9.58. The van der Waals surface area contributed by atoms with Crippen LogP contribution in [0.1, 0.15) is 43.0 Å². The maximum absolute atomic E-state index is 9.79. The number of nitrogens with one attached hydrogen (secondary N) is 2. The number of nitrogens with zero attached hydrogens (tertiary/aromatic N) is 2. The number of hydrogen-bond acceptors (Lipinski definition) is 5. The number of aromatic nitrogens is 3. The number of pyridine rings is 1. The van der Waals surface area contributed by atoms with Crippen molar-refractivity contribution in [3.63, 3.8) is 0 Å². The number of benzene rings is 2. The summed E-state index contributed by atoms with van der Waals surface area (Å²) < 4.78 is 0. The van der Waals surface area contributed by atoms with E-state index in [1.165, 1.54) is 12.0 Å². The Balaban J connectivity index is 1.48. The molecule has 0 saturated heterocycles. The van der Waals surface area contributed by atoms with Crippen molar-refractivity contribution in [2.24, 2.45) is 5.73 Å². The van der Waals surface area contributed by atoms with Gasteiger partial charge in [-0.2, -0.15) is 5.10 Å². The fourth-order valence-electron chi connectivity index (χ4n) is 5.21. The van der Waals surface area contributed by atoms with Crippen LogP contribution in [0.2, 0.25) is 0 Å². The Kier molecular flexibility index (Phi) is 5.01. The Morgan fingerprint density at radius 3 is 2.41 bits per heavy atom. The van der Waals surface area contributed by atoms with Crippen molar-refractivity contribution in [2.75, 3.05) is 5.32 Å². The van der Waals surface area contributed by atoms with Crippen molar-refractivity contribution in [3.05, 3.63) is 77.5 Å². The molecule has 1 saturated carbocycles. The van der Waals surface area contributed by atoms with Gasteiger partial charge in [0.15, 0.2) is 0 Å². The molecule has 0 amide bonds. The molecule has 34 heavy (non-hydrogen) atoms. The molecule has 6 rings (SSSR count). The molecule has 1 atom stereocenters. The second-order valence-corrected chi connectivity index (χ2v) is 9.58. The fourth-order valence-corrected chi connectivity index (χ4v) is 5.21. The van der Waals surface area contributed by atoms with Gasteiger partial charge in [0.25, 0.3) is 0 Å². The van der Waals surface area contributed by atoms with Gasteiger partial charge in [0.2, 0.25) is 0 Å². The van der Waals surface area contributed by atoms with Gasteiger partial charge < -0.3 is 16.2 Å². The van der Waals surface area contributed by atoms with Crippen LogP contribution in [0.5, 0.6) is 0 Å². The lowest BCUT2D eigenvalue weighted by atomic mass is 9.72. The smallest absolute Gasteiger partial charge is 0.127 e. The van der Waals surface area contributed by atoms with Crippen LogP contribution >= 0.6 is 0 Å². The van der Waals surface area contributed by atoms with Crippen LogP contribution in [0, 0.1) is 0 Å². The van der Waals surface area contributed by atoms with Crippen molar-refractivity contribution in [1.29, 1.82) is 0 Å². The minimum absolute atomic E-state index is 0.168. The minimum Gasteiger partial charge on any atom is -0.374 e. The number of fused-ring (bicyclic) bond motifs is 3. The molecule has 6 heteroatoms. The van der Waals surface area contributed by atoms with Crippen molar-refractivity contribution >= 4 is 5.82 Å². The van der Waals surface area contributed by atoms with E-state index in [0.717, 1.165) is 76.4 Å². The highest BCUT2D eigenvalue weighted by Gasteiger charge is 2.34. The Morgan fingerprint density at radius 1 is 0.971 bits per heavy atom. The average molecular weight is 452 g/mol. The van der Waals surface area contributed by atoms with Crippen molar-refractivity contribution < 1.29 is 5.11 Å². The molecule has 0 radical (unpaired) electrons. The third kappa shape index (κ3) is 3.50. The molecule has 2 aromatic heterocycles. The van der Waals surface area contributed by atoms with Crippen LogP contribution in [0.15, 0.2) is 60.7 Å². The first-order valence-electron chi connectivity index (χ1n) is 12.0.